The highest BCUT2D eigenvalue weighted by Gasteiger charge is 2.17. The van der Waals surface area contributed by atoms with Gasteiger partial charge >= 0.3 is 0 Å². The van der Waals surface area contributed by atoms with Crippen LogP contribution in [0.2, 0.25) is 5.28 Å². The lowest BCUT2D eigenvalue weighted by Crippen LogP contribution is -2.21. The average molecular weight is 309 g/mol. The molecule has 1 aliphatic carbocycles. The first-order valence-corrected chi connectivity index (χ1v) is 8.72. The SMILES string of the molecule is Clc1nc2c(c(NCCCCN3CCCC3)n1)CCCC2. The molecular formula is C16H25ClN4. The molecule has 2 aliphatic rings. The molecule has 1 N–H and O–H groups in total. The lowest BCUT2D eigenvalue weighted by molar-refractivity contribution is 0.331. The molecule has 0 atom stereocenters. The van der Waals surface area contributed by atoms with Crippen molar-refractivity contribution in [2.45, 2.75) is 51.4 Å². The highest BCUT2D eigenvalue weighted by Crippen LogP contribution is 2.26. The van der Waals surface area contributed by atoms with E-state index >= 15 is 0 Å². The van der Waals surface area contributed by atoms with Crippen molar-refractivity contribution >= 4 is 17.4 Å². The molecule has 3 rings (SSSR count). The number of fused-ring (bicyclic) bond motifs is 1. The van der Waals surface area contributed by atoms with Gasteiger partial charge in [0.1, 0.15) is 5.82 Å². The first-order valence-electron chi connectivity index (χ1n) is 8.34. The van der Waals surface area contributed by atoms with Crippen LogP contribution in [0.3, 0.4) is 0 Å². The number of hydrogen-bond acceptors (Lipinski definition) is 4. The lowest BCUT2D eigenvalue weighted by Gasteiger charge is -2.19. The molecular weight excluding hydrogens is 284 g/mol. The Kier molecular flexibility index (Phi) is 5.31. The van der Waals surface area contributed by atoms with Gasteiger partial charge in [-0.1, -0.05) is 0 Å². The zero-order valence-corrected chi connectivity index (χ0v) is 13.5. The van der Waals surface area contributed by atoms with E-state index in [0.29, 0.717) is 5.28 Å². The van der Waals surface area contributed by atoms with Gasteiger partial charge in [-0.3, -0.25) is 0 Å². The van der Waals surface area contributed by atoms with Crippen LogP contribution in [0.5, 0.6) is 0 Å². The Morgan fingerprint density at radius 1 is 1.00 bits per heavy atom. The minimum atomic E-state index is 0.384. The minimum Gasteiger partial charge on any atom is -0.370 e. The molecule has 21 heavy (non-hydrogen) atoms. The van der Waals surface area contributed by atoms with Crippen LogP contribution in [0.25, 0.3) is 0 Å². The van der Waals surface area contributed by atoms with E-state index in [-0.39, 0.29) is 0 Å². The number of anilines is 1. The van der Waals surface area contributed by atoms with Crippen molar-refractivity contribution in [1.82, 2.24) is 14.9 Å². The summed E-state index contributed by atoms with van der Waals surface area (Å²) in [6.45, 7) is 4.81. The van der Waals surface area contributed by atoms with Gasteiger partial charge in [-0.05, 0) is 82.6 Å². The maximum Gasteiger partial charge on any atom is 0.224 e. The van der Waals surface area contributed by atoms with Crippen molar-refractivity contribution in [2.24, 2.45) is 0 Å². The standard InChI is InChI=1S/C16H25ClN4/c17-16-19-14-8-2-1-7-13(14)15(20-16)18-9-3-4-10-21-11-5-6-12-21/h1-12H2,(H,18,19,20). The molecule has 0 spiro atoms. The Hall–Kier alpha value is -0.870. The largest absolute Gasteiger partial charge is 0.370 e. The topological polar surface area (TPSA) is 41.1 Å². The predicted octanol–water partition coefficient (Wildman–Crippen LogP) is 3.30. The van der Waals surface area contributed by atoms with E-state index in [0.717, 1.165) is 30.9 Å². The molecule has 0 radical (unpaired) electrons. The van der Waals surface area contributed by atoms with Crippen molar-refractivity contribution < 1.29 is 0 Å². The maximum absolute atomic E-state index is 6.04. The van der Waals surface area contributed by atoms with Gasteiger partial charge in [0.05, 0.1) is 5.69 Å². The molecule has 1 saturated heterocycles. The summed E-state index contributed by atoms with van der Waals surface area (Å²) in [5.74, 6) is 0.978. The summed E-state index contributed by atoms with van der Waals surface area (Å²) in [7, 11) is 0. The Bertz CT molecular complexity index is 472. The van der Waals surface area contributed by atoms with E-state index in [1.165, 1.54) is 63.7 Å². The van der Waals surface area contributed by atoms with Crippen LogP contribution < -0.4 is 5.32 Å². The molecule has 5 heteroatoms. The Labute approximate surface area is 132 Å². The number of aromatic nitrogens is 2. The van der Waals surface area contributed by atoms with E-state index in [2.05, 4.69) is 20.2 Å². The number of hydrogen-bond donors (Lipinski definition) is 1. The van der Waals surface area contributed by atoms with Crippen LogP contribution in [0.15, 0.2) is 0 Å². The fraction of sp³-hybridized carbons (Fsp3) is 0.750. The van der Waals surface area contributed by atoms with Gasteiger partial charge in [-0.15, -0.1) is 0 Å². The maximum atomic E-state index is 6.04. The van der Waals surface area contributed by atoms with Crippen molar-refractivity contribution in [1.29, 1.82) is 0 Å². The summed E-state index contributed by atoms with van der Waals surface area (Å²) in [6.07, 6.45) is 9.79. The highest BCUT2D eigenvalue weighted by molar-refractivity contribution is 6.28. The molecule has 2 heterocycles. The van der Waals surface area contributed by atoms with Crippen molar-refractivity contribution in [3.63, 3.8) is 0 Å². The fourth-order valence-electron chi connectivity index (χ4n) is 3.38. The van der Waals surface area contributed by atoms with E-state index in [1.807, 2.05) is 0 Å². The molecule has 0 bridgehead atoms. The van der Waals surface area contributed by atoms with E-state index in [4.69, 9.17) is 11.6 Å². The summed E-state index contributed by atoms with van der Waals surface area (Å²) < 4.78 is 0. The highest BCUT2D eigenvalue weighted by atomic mass is 35.5. The van der Waals surface area contributed by atoms with Gasteiger partial charge < -0.3 is 10.2 Å². The van der Waals surface area contributed by atoms with Crippen molar-refractivity contribution in [2.75, 3.05) is 31.5 Å². The number of nitrogens with zero attached hydrogens (tertiary/aromatic N) is 3. The molecule has 0 amide bonds. The molecule has 0 saturated carbocycles. The molecule has 0 unspecified atom stereocenters. The molecule has 4 nitrogen and oxygen atoms in total. The molecule has 1 aromatic heterocycles. The van der Waals surface area contributed by atoms with E-state index in [9.17, 15) is 0 Å². The van der Waals surface area contributed by atoms with Crippen LogP contribution in [0.4, 0.5) is 5.82 Å². The normalized spacial score (nSPS) is 18.7. The number of likely N-dealkylation sites (tertiary alicyclic amines) is 1. The fourth-order valence-corrected chi connectivity index (χ4v) is 3.57. The summed E-state index contributed by atoms with van der Waals surface area (Å²) in [4.78, 5) is 11.3. The molecule has 1 fully saturated rings. The van der Waals surface area contributed by atoms with Crippen LogP contribution in [-0.2, 0) is 12.8 Å². The molecule has 1 aromatic rings. The number of halogens is 1. The Morgan fingerprint density at radius 2 is 1.81 bits per heavy atom. The number of rotatable bonds is 6. The van der Waals surface area contributed by atoms with Crippen LogP contribution in [-0.4, -0.2) is 41.0 Å². The third-order valence-electron chi connectivity index (χ3n) is 4.55. The number of unbranched alkanes of at least 4 members (excludes halogenated alkanes) is 1. The first kappa shape index (κ1) is 15.0. The molecule has 116 valence electrons. The minimum absolute atomic E-state index is 0.384. The number of nitrogens with one attached hydrogen (secondary N) is 1. The summed E-state index contributed by atoms with van der Waals surface area (Å²) in [6, 6.07) is 0. The van der Waals surface area contributed by atoms with Crippen LogP contribution in [0, 0.1) is 0 Å². The third kappa shape index (κ3) is 4.07. The quantitative estimate of drug-likeness (QED) is 0.647. The molecule has 1 aliphatic heterocycles. The molecule has 0 aromatic carbocycles. The second-order valence-electron chi connectivity index (χ2n) is 6.16. The van der Waals surface area contributed by atoms with Crippen molar-refractivity contribution in [3.8, 4) is 0 Å². The second-order valence-corrected chi connectivity index (χ2v) is 6.49. The second kappa shape index (κ2) is 7.41. The Balaban J connectivity index is 1.47. The predicted molar refractivity (Wildman–Crippen MR) is 87.1 cm³/mol. The summed E-state index contributed by atoms with van der Waals surface area (Å²) >= 11 is 6.04. The van der Waals surface area contributed by atoms with Gasteiger partial charge in [-0.2, -0.15) is 0 Å². The van der Waals surface area contributed by atoms with E-state index < -0.39 is 0 Å². The van der Waals surface area contributed by atoms with Gasteiger partial charge in [0.15, 0.2) is 0 Å². The van der Waals surface area contributed by atoms with Crippen LogP contribution >= 0.6 is 11.6 Å². The third-order valence-corrected chi connectivity index (χ3v) is 4.72. The van der Waals surface area contributed by atoms with Gasteiger partial charge in [0, 0.05) is 12.1 Å². The monoisotopic (exact) mass is 308 g/mol. The van der Waals surface area contributed by atoms with Crippen molar-refractivity contribution in [3.05, 3.63) is 16.5 Å². The smallest absolute Gasteiger partial charge is 0.224 e. The zero-order valence-electron chi connectivity index (χ0n) is 12.7. The summed E-state index contributed by atoms with van der Waals surface area (Å²) in [5.41, 5.74) is 2.45. The van der Waals surface area contributed by atoms with Crippen LogP contribution in [0.1, 0.15) is 49.8 Å². The van der Waals surface area contributed by atoms with Gasteiger partial charge in [-0.25, -0.2) is 9.97 Å². The van der Waals surface area contributed by atoms with Gasteiger partial charge in [0.2, 0.25) is 5.28 Å². The van der Waals surface area contributed by atoms with E-state index in [1.54, 1.807) is 0 Å². The average Bonchev–Trinajstić information content (AvgIpc) is 3.00. The number of aryl methyl sites for hydroxylation is 1. The first-order chi connectivity index (χ1) is 10.3. The lowest BCUT2D eigenvalue weighted by atomic mass is 9.96. The van der Waals surface area contributed by atoms with Gasteiger partial charge in [0.25, 0.3) is 0 Å². The Morgan fingerprint density at radius 3 is 2.67 bits per heavy atom. The zero-order chi connectivity index (χ0) is 14.5. The summed E-state index contributed by atoms with van der Waals surface area (Å²) in [5, 5.41) is 3.87.